The van der Waals surface area contributed by atoms with Crippen LogP contribution in [0.2, 0.25) is 0 Å². The van der Waals surface area contributed by atoms with Crippen molar-refractivity contribution in [3.05, 3.63) is 0 Å². The zero-order chi connectivity index (χ0) is 16.4. The van der Waals surface area contributed by atoms with Gasteiger partial charge in [-0.25, -0.2) is 0 Å². The molecular formula is C15H25NO5. The van der Waals surface area contributed by atoms with Crippen LogP contribution in [-0.2, 0) is 19.2 Å². The average Bonchev–Trinajstić information content (AvgIpc) is 2.38. The number of carboxylic acids is 1. The van der Waals surface area contributed by atoms with E-state index in [2.05, 4.69) is 0 Å². The summed E-state index contributed by atoms with van der Waals surface area (Å²) < 4.78 is 0. The smallest absolute Gasteiger partial charge is 0.303 e. The highest BCUT2D eigenvalue weighted by molar-refractivity contribution is 5.83. The standard InChI is InChI=1S/C15H25NO5/c1-3-11(6-9-15(20)21)13(18)7-4-12(10(2)17)5-8-14(16)19/h11-12H,3-9H2,1-2H3,(H2,16,19)(H,20,21)/t11-,12-/m0/s1. The first-order valence-electron chi connectivity index (χ1n) is 7.31. The molecule has 0 aliphatic carbocycles. The molecule has 0 spiro atoms. The predicted octanol–water partition coefficient (Wildman–Crippen LogP) is 1.70. The molecule has 2 atom stereocenters. The predicted molar refractivity (Wildman–Crippen MR) is 77.5 cm³/mol. The second kappa shape index (κ2) is 10.1. The Bertz CT molecular complexity index is 392. The van der Waals surface area contributed by atoms with Crippen molar-refractivity contribution in [3.8, 4) is 0 Å². The lowest BCUT2D eigenvalue weighted by atomic mass is 9.87. The number of hydrogen-bond acceptors (Lipinski definition) is 4. The Hall–Kier alpha value is -1.72. The number of nitrogens with two attached hydrogens (primary N) is 1. The Balaban J connectivity index is 4.35. The molecule has 0 aromatic heterocycles. The number of primary amides is 1. The Morgan fingerprint density at radius 2 is 1.48 bits per heavy atom. The molecule has 0 bridgehead atoms. The lowest BCUT2D eigenvalue weighted by molar-refractivity contribution is -0.137. The maximum Gasteiger partial charge on any atom is 0.303 e. The number of Topliss-reactive ketones (excluding diaryl/α,β-unsaturated/α-hetero) is 2. The molecule has 0 radical (unpaired) electrons. The van der Waals surface area contributed by atoms with Crippen LogP contribution in [0.3, 0.4) is 0 Å². The van der Waals surface area contributed by atoms with Gasteiger partial charge in [0.05, 0.1) is 0 Å². The first-order chi connectivity index (χ1) is 9.77. The summed E-state index contributed by atoms with van der Waals surface area (Å²) in [5.41, 5.74) is 5.06. The normalized spacial score (nSPS) is 13.4. The van der Waals surface area contributed by atoms with Gasteiger partial charge in [-0.15, -0.1) is 0 Å². The number of carbonyl (C=O) groups excluding carboxylic acids is 3. The van der Waals surface area contributed by atoms with Crippen molar-refractivity contribution in [2.45, 2.75) is 58.8 Å². The summed E-state index contributed by atoms with van der Waals surface area (Å²) in [5.74, 6) is -2.04. The van der Waals surface area contributed by atoms with E-state index in [1.165, 1.54) is 6.92 Å². The molecule has 0 aliphatic heterocycles. The molecule has 6 heteroatoms. The van der Waals surface area contributed by atoms with Gasteiger partial charge in [-0.3, -0.25) is 19.2 Å². The third-order valence-electron chi connectivity index (χ3n) is 3.71. The van der Waals surface area contributed by atoms with Gasteiger partial charge in [0.25, 0.3) is 0 Å². The second-order valence-electron chi connectivity index (χ2n) is 5.36. The summed E-state index contributed by atoms with van der Waals surface area (Å²) in [4.78, 5) is 44.8. The van der Waals surface area contributed by atoms with Gasteiger partial charge in [0.1, 0.15) is 11.6 Å². The first-order valence-corrected chi connectivity index (χ1v) is 7.31. The van der Waals surface area contributed by atoms with E-state index in [9.17, 15) is 19.2 Å². The lowest BCUT2D eigenvalue weighted by Gasteiger charge is -2.16. The summed E-state index contributed by atoms with van der Waals surface area (Å²) >= 11 is 0. The fraction of sp³-hybridized carbons (Fsp3) is 0.733. The zero-order valence-electron chi connectivity index (χ0n) is 12.8. The van der Waals surface area contributed by atoms with Crippen LogP contribution >= 0.6 is 0 Å². The maximum atomic E-state index is 12.1. The Morgan fingerprint density at radius 3 is 1.90 bits per heavy atom. The number of amides is 1. The summed E-state index contributed by atoms with van der Waals surface area (Å²) in [7, 11) is 0. The van der Waals surface area contributed by atoms with Crippen molar-refractivity contribution in [2.24, 2.45) is 17.6 Å². The van der Waals surface area contributed by atoms with E-state index in [0.29, 0.717) is 25.7 Å². The van der Waals surface area contributed by atoms with E-state index in [4.69, 9.17) is 10.8 Å². The van der Waals surface area contributed by atoms with E-state index in [1.807, 2.05) is 6.92 Å². The first kappa shape index (κ1) is 19.3. The van der Waals surface area contributed by atoms with Crippen molar-refractivity contribution in [1.29, 1.82) is 0 Å². The number of aliphatic carboxylic acids is 1. The quantitative estimate of drug-likeness (QED) is 0.569. The van der Waals surface area contributed by atoms with Crippen LogP contribution in [0, 0.1) is 11.8 Å². The lowest BCUT2D eigenvalue weighted by Crippen LogP contribution is -2.20. The summed E-state index contributed by atoms with van der Waals surface area (Å²) in [6.07, 6.45) is 2.03. The van der Waals surface area contributed by atoms with Gasteiger partial charge in [0.2, 0.25) is 5.91 Å². The van der Waals surface area contributed by atoms with Gasteiger partial charge in [0.15, 0.2) is 0 Å². The highest BCUT2D eigenvalue weighted by Crippen LogP contribution is 2.20. The van der Waals surface area contributed by atoms with E-state index in [1.54, 1.807) is 0 Å². The van der Waals surface area contributed by atoms with Crippen LogP contribution in [0.15, 0.2) is 0 Å². The minimum atomic E-state index is -0.913. The molecule has 120 valence electrons. The molecule has 0 heterocycles. The second-order valence-corrected chi connectivity index (χ2v) is 5.36. The minimum Gasteiger partial charge on any atom is -0.481 e. The third-order valence-corrected chi connectivity index (χ3v) is 3.71. The topological polar surface area (TPSA) is 115 Å². The molecule has 0 rings (SSSR count). The molecule has 0 unspecified atom stereocenters. The van der Waals surface area contributed by atoms with Gasteiger partial charge in [-0.2, -0.15) is 0 Å². The maximum absolute atomic E-state index is 12.1. The third kappa shape index (κ3) is 8.94. The molecule has 0 aromatic carbocycles. The summed E-state index contributed by atoms with van der Waals surface area (Å²) in [6.45, 7) is 3.29. The number of ketones is 2. The SMILES string of the molecule is CC[C@@H](CCC(=O)O)C(=O)CC[C@@H](CCC(N)=O)C(C)=O. The van der Waals surface area contributed by atoms with Crippen molar-refractivity contribution in [3.63, 3.8) is 0 Å². The van der Waals surface area contributed by atoms with Crippen molar-refractivity contribution < 1.29 is 24.3 Å². The highest BCUT2D eigenvalue weighted by Gasteiger charge is 2.21. The van der Waals surface area contributed by atoms with Crippen LogP contribution in [-0.4, -0.2) is 28.5 Å². The van der Waals surface area contributed by atoms with E-state index in [0.717, 1.165) is 0 Å². The zero-order valence-corrected chi connectivity index (χ0v) is 12.8. The molecule has 0 aliphatic rings. The fourth-order valence-electron chi connectivity index (χ4n) is 2.28. The number of carboxylic acid groups (broad SMARTS) is 1. The van der Waals surface area contributed by atoms with Crippen molar-refractivity contribution in [1.82, 2.24) is 0 Å². The number of carbonyl (C=O) groups is 4. The van der Waals surface area contributed by atoms with Crippen molar-refractivity contribution in [2.75, 3.05) is 0 Å². The van der Waals surface area contributed by atoms with E-state index in [-0.39, 0.29) is 42.7 Å². The molecule has 3 N–H and O–H groups in total. The summed E-state index contributed by atoms with van der Waals surface area (Å²) in [5, 5.41) is 8.65. The molecule has 0 aromatic rings. The largest absolute Gasteiger partial charge is 0.481 e. The van der Waals surface area contributed by atoms with E-state index >= 15 is 0 Å². The Morgan fingerprint density at radius 1 is 0.952 bits per heavy atom. The van der Waals surface area contributed by atoms with Gasteiger partial charge in [0, 0.05) is 31.1 Å². The number of hydrogen-bond donors (Lipinski definition) is 2. The molecule has 6 nitrogen and oxygen atoms in total. The Labute approximate surface area is 125 Å². The van der Waals surface area contributed by atoms with Crippen LogP contribution in [0.5, 0.6) is 0 Å². The fourth-order valence-corrected chi connectivity index (χ4v) is 2.28. The molecule has 1 amide bonds. The van der Waals surface area contributed by atoms with Crippen LogP contribution in [0.25, 0.3) is 0 Å². The van der Waals surface area contributed by atoms with Gasteiger partial charge in [-0.1, -0.05) is 6.92 Å². The van der Waals surface area contributed by atoms with Crippen LogP contribution < -0.4 is 5.73 Å². The van der Waals surface area contributed by atoms with Crippen LogP contribution in [0.1, 0.15) is 58.8 Å². The Kier molecular flexibility index (Phi) is 9.25. The number of rotatable bonds is 12. The molecular weight excluding hydrogens is 274 g/mol. The molecule has 0 saturated carbocycles. The molecule has 0 saturated heterocycles. The molecule has 21 heavy (non-hydrogen) atoms. The monoisotopic (exact) mass is 299 g/mol. The average molecular weight is 299 g/mol. The van der Waals surface area contributed by atoms with Gasteiger partial charge in [-0.05, 0) is 32.6 Å². The van der Waals surface area contributed by atoms with Gasteiger partial charge < -0.3 is 10.8 Å². The molecule has 0 fully saturated rings. The highest BCUT2D eigenvalue weighted by atomic mass is 16.4. The van der Waals surface area contributed by atoms with Crippen LogP contribution in [0.4, 0.5) is 0 Å². The van der Waals surface area contributed by atoms with Gasteiger partial charge >= 0.3 is 5.97 Å². The minimum absolute atomic E-state index is 0.0101. The summed E-state index contributed by atoms with van der Waals surface area (Å²) in [6, 6.07) is 0. The van der Waals surface area contributed by atoms with Crippen molar-refractivity contribution >= 4 is 23.4 Å². The van der Waals surface area contributed by atoms with E-state index < -0.39 is 11.9 Å².